The van der Waals surface area contributed by atoms with Crippen LogP contribution in [0.1, 0.15) is 37.8 Å². The smallest absolute Gasteiger partial charge is 0.242 e. The molecule has 0 saturated heterocycles. The Kier molecular flexibility index (Phi) is 7.60. The molecule has 26 heavy (non-hydrogen) atoms. The minimum atomic E-state index is -0.568. The number of rotatable bonds is 8. The molecule has 2 rings (SSSR count). The van der Waals surface area contributed by atoms with Gasteiger partial charge in [-0.2, -0.15) is 0 Å². The van der Waals surface area contributed by atoms with Crippen LogP contribution >= 0.6 is 11.6 Å². The number of nitrogens with zero attached hydrogens (tertiary/aromatic N) is 2. The number of amides is 2. The highest BCUT2D eigenvalue weighted by atomic mass is 35.5. The lowest BCUT2D eigenvalue weighted by Gasteiger charge is -2.28. The lowest BCUT2D eigenvalue weighted by atomic mass is 10.1. The second kappa shape index (κ2) is 9.92. The molecule has 0 bridgehead atoms. The molecule has 1 heterocycles. The van der Waals surface area contributed by atoms with Crippen LogP contribution in [0.4, 0.5) is 0 Å². The number of nitrogens with one attached hydrogen (secondary N) is 1. The number of aromatic nitrogens is 1. The maximum atomic E-state index is 12.6. The summed E-state index contributed by atoms with van der Waals surface area (Å²) in [5.74, 6) is -0.223. The van der Waals surface area contributed by atoms with E-state index in [2.05, 4.69) is 10.3 Å². The third-order valence-corrected chi connectivity index (χ3v) is 4.34. The lowest BCUT2D eigenvalue weighted by molar-refractivity contribution is -0.140. The maximum Gasteiger partial charge on any atom is 0.242 e. The summed E-state index contributed by atoms with van der Waals surface area (Å²) in [4.78, 5) is 30.8. The van der Waals surface area contributed by atoms with E-state index in [1.165, 1.54) is 0 Å². The van der Waals surface area contributed by atoms with E-state index in [4.69, 9.17) is 11.6 Å². The molecule has 1 N–H and O–H groups in total. The van der Waals surface area contributed by atoms with E-state index < -0.39 is 6.04 Å². The molecule has 138 valence electrons. The number of benzene rings is 1. The second-order valence-electron chi connectivity index (χ2n) is 6.15. The van der Waals surface area contributed by atoms with E-state index in [-0.39, 0.29) is 11.8 Å². The highest BCUT2D eigenvalue weighted by molar-refractivity contribution is 6.30. The zero-order chi connectivity index (χ0) is 18.9. The maximum absolute atomic E-state index is 12.6. The third-order valence-electron chi connectivity index (χ3n) is 4.09. The molecule has 0 aliphatic rings. The van der Waals surface area contributed by atoms with E-state index >= 15 is 0 Å². The summed E-state index contributed by atoms with van der Waals surface area (Å²) in [6, 6.07) is 10.5. The number of pyridine rings is 1. The van der Waals surface area contributed by atoms with E-state index in [0.29, 0.717) is 24.5 Å². The van der Waals surface area contributed by atoms with Crippen molar-refractivity contribution in [3.8, 4) is 0 Å². The van der Waals surface area contributed by atoms with E-state index in [1.54, 1.807) is 36.4 Å². The molecule has 0 fully saturated rings. The zero-order valence-corrected chi connectivity index (χ0v) is 15.9. The van der Waals surface area contributed by atoms with Crippen molar-refractivity contribution in [3.05, 3.63) is 64.9 Å². The molecule has 0 spiro atoms. The largest absolute Gasteiger partial charge is 0.350 e. The van der Waals surface area contributed by atoms with Gasteiger partial charge >= 0.3 is 0 Å². The predicted molar refractivity (Wildman–Crippen MR) is 102 cm³/mol. The number of hydrogen-bond acceptors (Lipinski definition) is 3. The molecule has 2 aromatic rings. The SMILES string of the molecule is CCCC(=O)N(Cc1ccc(Cl)cc1)C(C)C(=O)NCc1cccnc1. The summed E-state index contributed by atoms with van der Waals surface area (Å²) < 4.78 is 0. The van der Waals surface area contributed by atoms with Crippen LogP contribution in [0.5, 0.6) is 0 Å². The molecule has 6 heteroatoms. The van der Waals surface area contributed by atoms with Crippen LogP contribution in [0.3, 0.4) is 0 Å². The van der Waals surface area contributed by atoms with Gasteiger partial charge in [0.15, 0.2) is 0 Å². The standard InChI is InChI=1S/C20H24ClN3O2/c1-3-5-19(25)24(14-16-7-9-18(21)10-8-16)15(2)20(26)23-13-17-6-4-11-22-12-17/h4,6-12,15H,3,5,13-14H2,1-2H3,(H,23,26). The summed E-state index contributed by atoms with van der Waals surface area (Å²) in [5, 5.41) is 3.52. The first-order valence-corrected chi connectivity index (χ1v) is 9.09. The molecule has 1 atom stereocenters. The fourth-order valence-electron chi connectivity index (χ4n) is 2.57. The minimum absolute atomic E-state index is 0.0357. The molecule has 1 unspecified atom stereocenters. The second-order valence-corrected chi connectivity index (χ2v) is 6.59. The van der Waals surface area contributed by atoms with Crippen LogP contribution < -0.4 is 5.32 Å². The summed E-state index contributed by atoms with van der Waals surface area (Å²) in [5.41, 5.74) is 1.85. The Labute approximate surface area is 159 Å². The number of hydrogen-bond donors (Lipinski definition) is 1. The number of carbonyl (C=O) groups is 2. The summed E-state index contributed by atoms with van der Waals surface area (Å²) >= 11 is 5.92. The van der Waals surface area contributed by atoms with Crippen LogP contribution in [0.2, 0.25) is 5.02 Å². The average molecular weight is 374 g/mol. The predicted octanol–water partition coefficient (Wildman–Crippen LogP) is 3.57. The van der Waals surface area contributed by atoms with Gasteiger partial charge in [-0.25, -0.2) is 0 Å². The first-order valence-electron chi connectivity index (χ1n) is 8.71. The highest BCUT2D eigenvalue weighted by Crippen LogP contribution is 2.15. The van der Waals surface area contributed by atoms with E-state index in [1.807, 2.05) is 31.2 Å². The summed E-state index contributed by atoms with van der Waals surface area (Å²) in [6.07, 6.45) is 4.54. The highest BCUT2D eigenvalue weighted by Gasteiger charge is 2.25. The van der Waals surface area contributed by atoms with Gasteiger partial charge in [0.05, 0.1) is 0 Å². The topological polar surface area (TPSA) is 62.3 Å². The van der Waals surface area contributed by atoms with Gasteiger partial charge < -0.3 is 10.2 Å². The quantitative estimate of drug-likeness (QED) is 0.769. The zero-order valence-electron chi connectivity index (χ0n) is 15.1. The fourth-order valence-corrected chi connectivity index (χ4v) is 2.69. The molecule has 1 aromatic carbocycles. The summed E-state index contributed by atoms with van der Waals surface area (Å²) in [7, 11) is 0. The molecular formula is C20H24ClN3O2. The minimum Gasteiger partial charge on any atom is -0.350 e. The van der Waals surface area contributed by atoms with Crippen molar-refractivity contribution in [3.63, 3.8) is 0 Å². The van der Waals surface area contributed by atoms with Crippen LogP contribution in [-0.4, -0.2) is 27.7 Å². The van der Waals surface area contributed by atoms with Gasteiger partial charge in [0, 0.05) is 36.9 Å². The molecular weight excluding hydrogens is 350 g/mol. The molecule has 5 nitrogen and oxygen atoms in total. The van der Waals surface area contributed by atoms with E-state index in [0.717, 1.165) is 17.5 Å². The van der Waals surface area contributed by atoms with Crippen molar-refractivity contribution in [1.82, 2.24) is 15.2 Å². The van der Waals surface area contributed by atoms with Crippen molar-refractivity contribution in [2.45, 2.75) is 45.8 Å². The van der Waals surface area contributed by atoms with Gasteiger partial charge in [0.25, 0.3) is 0 Å². The Morgan fingerprint density at radius 3 is 2.54 bits per heavy atom. The van der Waals surface area contributed by atoms with Crippen molar-refractivity contribution >= 4 is 23.4 Å². The lowest BCUT2D eigenvalue weighted by Crippen LogP contribution is -2.47. The van der Waals surface area contributed by atoms with Gasteiger partial charge in [-0.15, -0.1) is 0 Å². The number of carbonyl (C=O) groups excluding carboxylic acids is 2. The van der Waals surface area contributed by atoms with Crippen LogP contribution in [0, 0.1) is 0 Å². The van der Waals surface area contributed by atoms with Gasteiger partial charge in [-0.3, -0.25) is 14.6 Å². The van der Waals surface area contributed by atoms with Gasteiger partial charge in [0.2, 0.25) is 11.8 Å². The van der Waals surface area contributed by atoms with Gasteiger partial charge in [0.1, 0.15) is 6.04 Å². The average Bonchev–Trinajstić information content (AvgIpc) is 2.66. The Morgan fingerprint density at radius 1 is 1.19 bits per heavy atom. The van der Waals surface area contributed by atoms with E-state index in [9.17, 15) is 9.59 Å². The first kappa shape index (κ1) is 19.9. The van der Waals surface area contributed by atoms with Crippen molar-refractivity contribution in [2.24, 2.45) is 0 Å². The number of halogens is 1. The Balaban J connectivity index is 2.05. The molecule has 0 radical (unpaired) electrons. The first-order chi connectivity index (χ1) is 12.5. The van der Waals surface area contributed by atoms with Gasteiger partial charge in [-0.05, 0) is 42.7 Å². The van der Waals surface area contributed by atoms with Crippen LogP contribution in [0.15, 0.2) is 48.8 Å². The summed E-state index contributed by atoms with van der Waals surface area (Å²) in [6.45, 7) is 4.46. The molecule has 0 aliphatic heterocycles. The molecule has 1 aromatic heterocycles. The molecule has 2 amide bonds. The van der Waals surface area contributed by atoms with Crippen LogP contribution in [-0.2, 0) is 22.7 Å². The fraction of sp³-hybridized carbons (Fsp3) is 0.350. The van der Waals surface area contributed by atoms with Crippen molar-refractivity contribution in [2.75, 3.05) is 0 Å². The molecule has 0 aliphatic carbocycles. The van der Waals surface area contributed by atoms with Gasteiger partial charge in [-0.1, -0.05) is 36.7 Å². The Morgan fingerprint density at radius 2 is 1.92 bits per heavy atom. The Bertz CT molecular complexity index is 720. The van der Waals surface area contributed by atoms with Crippen molar-refractivity contribution < 1.29 is 9.59 Å². The third kappa shape index (κ3) is 5.85. The Hall–Kier alpha value is -2.40. The monoisotopic (exact) mass is 373 g/mol. The van der Waals surface area contributed by atoms with Crippen molar-refractivity contribution in [1.29, 1.82) is 0 Å². The normalized spacial score (nSPS) is 11.7. The molecule has 0 saturated carbocycles. The van der Waals surface area contributed by atoms with Crippen LogP contribution in [0.25, 0.3) is 0 Å².